The van der Waals surface area contributed by atoms with Gasteiger partial charge in [0.15, 0.2) is 0 Å². The molecule has 1 aromatic carbocycles. The van der Waals surface area contributed by atoms with Crippen LogP contribution in [0.25, 0.3) is 0 Å². The van der Waals surface area contributed by atoms with Crippen LogP contribution < -0.4 is 4.74 Å². The molecule has 0 amide bonds. The Labute approximate surface area is 174 Å². The molecule has 0 N–H and O–H groups in total. The highest BCUT2D eigenvalue weighted by atomic mass is 16.5. The first-order valence-electron chi connectivity index (χ1n) is 11.0. The Hall–Kier alpha value is -1.31. The van der Waals surface area contributed by atoms with Crippen LogP contribution in [0, 0.1) is 17.3 Å². The maximum atomic E-state index is 13.4. The van der Waals surface area contributed by atoms with Gasteiger partial charge in [-0.2, -0.15) is 0 Å². The molecule has 0 aliphatic heterocycles. The van der Waals surface area contributed by atoms with Crippen molar-refractivity contribution in [3.05, 3.63) is 29.3 Å². The van der Waals surface area contributed by atoms with Gasteiger partial charge in [0.2, 0.25) is 0 Å². The fourth-order valence-electron chi connectivity index (χ4n) is 4.20. The lowest BCUT2D eigenvalue weighted by Gasteiger charge is -2.36. The molecule has 0 bridgehead atoms. The van der Waals surface area contributed by atoms with E-state index in [0.717, 1.165) is 19.3 Å². The summed E-state index contributed by atoms with van der Waals surface area (Å²) in [6.45, 7) is 24.0. The Morgan fingerprint density at radius 1 is 0.857 bits per heavy atom. The summed E-state index contributed by atoms with van der Waals surface area (Å²) in [5, 5.41) is 0. The van der Waals surface area contributed by atoms with E-state index in [1.54, 1.807) is 0 Å². The quantitative estimate of drug-likeness (QED) is 0.354. The summed E-state index contributed by atoms with van der Waals surface area (Å²) in [6.07, 6.45) is 2.83. The number of hydrogen-bond acceptors (Lipinski definition) is 2. The van der Waals surface area contributed by atoms with Gasteiger partial charge in [-0.05, 0) is 59.3 Å². The normalized spacial score (nSPS) is 15.0. The van der Waals surface area contributed by atoms with Crippen molar-refractivity contribution in [1.82, 2.24) is 0 Å². The summed E-state index contributed by atoms with van der Waals surface area (Å²) in [4.78, 5) is 13.4. The fraction of sp³-hybridized carbons (Fsp3) is 0.731. The van der Waals surface area contributed by atoms with E-state index in [4.69, 9.17) is 4.74 Å². The van der Waals surface area contributed by atoms with Crippen molar-refractivity contribution in [2.45, 2.75) is 106 Å². The molecule has 160 valence electrons. The highest BCUT2D eigenvalue weighted by Crippen LogP contribution is 2.41. The number of carbonyl (C=O) groups is 1. The fourth-order valence-corrected chi connectivity index (χ4v) is 4.20. The van der Waals surface area contributed by atoms with Crippen LogP contribution in [0.5, 0.6) is 5.75 Å². The molecule has 28 heavy (non-hydrogen) atoms. The summed E-state index contributed by atoms with van der Waals surface area (Å²) >= 11 is 0. The van der Waals surface area contributed by atoms with Gasteiger partial charge in [0.25, 0.3) is 0 Å². The summed E-state index contributed by atoms with van der Waals surface area (Å²) in [5.74, 6) is 1.38. The molecule has 1 unspecified atom stereocenters. The molecule has 0 aromatic heterocycles. The third-order valence-electron chi connectivity index (χ3n) is 6.03. The van der Waals surface area contributed by atoms with Crippen LogP contribution in [-0.2, 0) is 15.6 Å². The third kappa shape index (κ3) is 6.09. The van der Waals surface area contributed by atoms with Crippen LogP contribution in [0.3, 0.4) is 0 Å². The van der Waals surface area contributed by atoms with E-state index in [0.29, 0.717) is 17.6 Å². The van der Waals surface area contributed by atoms with E-state index in [2.05, 4.69) is 94.4 Å². The first kappa shape index (κ1) is 24.7. The van der Waals surface area contributed by atoms with Crippen molar-refractivity contribution >= 4 is 5.97 Å². The van der Waals surface area contributed by atoms with E-state index in [-0.39, 0.29) is 16.8 Å². The van der Waals surface area contributed by atoms with Crippen LogP contribution in [0.1, 0.15) is 107 Å². The summed E-state index contributed by atoms with van der Waals surface area (Å²) in [6, 6.07) is 6.36. The van der Waals surface area contributed by atoms with E-state index < -0.39 is 5.41 Å². The predicted octanol–water partition coefficient (Wildman–Crippen LogP) is 7.68. The zero-order valence-corrected chi connectivity index (χ0v) is 20.3. The van der Waals surface area contributed by atoms with Gasteiger partial charge in [0.1, 0.15) is 5.75 Å². The van der Waals surface area contributed by atoms with Crippen LogP contribution >= 0.6 is 0 Å². The maximum absolute atomic E-state index is 13.4. The van der Waals surface area contributed by atoms with E-state index >= 15 is 0 Å². The van der Waals surface area contributed by atoms with Crippen molar-refractivity contribution in [2.24, 2.45) is 17.3 Å². The first-order chi connectivity index (χ1) is 12.6. The first-order valence-corrected chi connectivity index (χ1v) is 11.0. The molecule has 0 radical (unpaired) electrons. The molecule has 0 aliphatic rings. The number of esters is 1. The second kappa shape index (κ2) is 9.01. The molecule has 0 fully saturated rings. The third-order valence-corrected chi connectivity index (χ3v) is 6.03. The molecule has 1 aromatic rings. The minimum Gasteiger partial charge on any atom is -0.426 e. The second-order valence-corrected chi connectivity index (χ2v) is 11.2. The van der Waals surface area contributed by atoms with Crippen LogP contribution in [0.2, 0.25) is 0 Å². The van der Waals surface area contributed by atoms with Crippen molar-refractivity contribution in [3.63, 3.8) is 0 Å². The Kier molecular flexibility index (Phi) is 7.96. The summed E-state index contributed by atoms with van der Waals surface area (Å²) in [5.41, 5.74) is 1.95. The highest BCUT2D eigenvalue weighted by Gasteiger charge is 2.41. The zero-order chi connectivity index (χ0) is 21.9. The van der Waals surface area contributed by atoms with Gasteiger partial charge in [-0.1, -0.05) is 88.1 Å². The number of ether oxygens (including phenoxy) is 1. The van der Waals surface area contributed by atoms with E-state index in [9.17, 15) is 4.79 Å². The van der Waals surface area contributed by atoms with Gasteiger partial charge < -0.3 is 4.74 Å². The minimum atomic E-state index is -0.461. The maximum Gasteiger partial charge on any atom is 0.317 e. The van der Waals surface area contributed by atoms with Crippen LogP contribution in [-0.4, -0.2) is 5.97 Å². The minimum absolute atomic E-state index is 0.000966. The number of hydrogen-bond donors (Lipinski definition) is 0. The van der Waals surface area contributed by atoms with Gasteiger partial charge in [-0.3, -0.25) is 4.79 Å². The lowest BCUT2D eigenvalue weighted by Crippen LogP contribution is -2.40. The molecule has 0 saturated heterocycles. The van der Waals surface area contributed by atoms with Gasteiger partial charge in [-0.25, -0.2) is 0 Å². The molecule has 1 rings (SSSR count). The highest BCUT2D eigenvalue weighted by molar-refractivity contribution is 5.79. The van der Waals surface area contributed by atoms with Crippen LogP contribution in [0.15, 0.2) is 18.2 Å². The number of rotatable bonds is 7. The topological polar surface area (TPSA) is 26.3 Å². The number of carbonyl (C=O) groups excluding carboxylic acids is 1. The number of benzene rings is 1. The van der Waals surface area contributed by atoms with Crippen molar-refractivity contribution in [1.29, 1.82) is 0 Å². The standard InChI is InChI=1S/C26H44O2/c1-12-19(13-2)26(11,17-18(3)4)23(27)28-22-15-20(24(5,6)7)14-21(16-22)25(8,9)10/h14-16,18-19H,12-13,17H2,1-11H3. The van der Waals surface area contributed by atoms with Crippen molar-refractivity contribution < 1.29 is 9.53 Å². The van der Waals surface area contributed by atoms with E-state index in [1.807, 2.05) is 0 Å². The lowest BCUT2D eigenvalue weighted by molar-refractivity contribution is -0.150. The Balaban J connectivity index is 3.38. The molecule has 0 heterocycles. The van der Waals surface area contributed by atoms with Crippen molar-refractivity contribution in [2.75, 3.05) is 0 Å². The Bertz CT molecular complexity index is 622. The molecule has 1 atom stereocenters. The summed E-state index contributed by atoms with van der Waals surface area (Å²) < 4.78 is 6.10. The molecule has 0 spiro atoms. The molecular formula is C26H44O2. The van der Waals surface area contributed by atoms with Crippen LogP contribution in [0.4, 0.5) is 0 Å². The van der Waals surface area contributed by atoms with Crippen molar-refractivity contribution in [3.8, 4) is 5.75 Å². The SMILES string of the molecule is CCC(CC)C(C)(CC(C)C)C(=O)Oc1cc(C(C)(C)C)cc(C(C)(C)C)c1. The second-order valence-electron chi connectivity index (χ2n) is 11.2. The van der Waals surface area contributed by atoms with Gasteiger partial charge in [-0.15, -0.1) is 0 Å². The molecular weight excluding hydrogens is 344 g/mol. The molecule has 2 nitrogen and oxygen atoms in total. The van der Waals surface area contributed by atoms with Gasteiger partial charge in [0, 0.05) is 0 Å². The molecule has 0 saturated carbocycles. The smallest absolute Gasteiger partial charge is 0.317 e. The van der Waals surface area contributed by atoms with Gasteiger partial charge in [0.05, 0.1) is 5.41 Å². The monoisotopic (exact) mass is 388 g/mol. The average Bonchev–Trinajstić information content (AvgIpc) is 2.53. The van der Waals surface area contributed by atoms with Gasteiger partial charge >= 0.3 is 5.97 Å². The Morgan fingerprint density at radius 3 is 1.61 bits per heavy atom. The largest absolute Gasteiger partial charge is 0.426 e. The molecule has 0 aliphatic carbocycles. The molecule has 2 heteroatoms. The lowest BCUT2D eigenvalue weighted by atomic mass is 9.69. The summed E-state index contributed by atoms with van der Waals surface area (Å²) in [7, 11) is 0. The predicted molar refractivity (Wildman–Crippen MR) is 121 cm³/mol. The zero-order valence-electron chi connectivity index (χ0n) is 20.3. The average molecular weight is 389 g/mol. The van der Waals surface area contributed by atoms with E-state index in [1.165, 1.54) is 11.1 Å². The Morgan fingerprint density at radius 2 is 1.29 bits per heavy atom.